The van der Waals surface area contributed by atoms with Crippen molar-refractivity contribution in [3.8, 4) is 0 Å². The van der Waals surface area contributed by atoms with Gasteiger partial charge in [0.15, 0.2) is 0 Å². The molecule has 0 spiro atoms. The van der Waals surface area contributed by atoms with E-state index in [1.807, 2.05) is 6.92 Å². The van der Waals surface area contributed by atoms with Gasteiger partial charge in [0.2, 0.25) is 0 Å². The molecule has 2 atom stereocenters. The van der Waals surface area contributed by atoms with Gasteiger partial charge in [0.25, 0.3) is 0 Å². The van der Waals surface area contributed by atoms with Crippen LogP contribution in [0.1, 0.15) is 45.0 Å². The molecule has 112 valence electrons. The van der Waals surface area contributed by atoms with Gasteiger partial charge in [0, 0.05) is 36.7 Å². The molecule has 4 nitrogen and oxygen atoms in total. The third-order valence-electron chi connectivity index (χ3n) is 4.25. The van der Waals surface area contributed by atoms with Crippen LogP contribution in [-0.2, 0) is 0 Å². The van der Waals surface area contributed by atoms with Crippen molar-refractivity contribution in [2.75, 3.05) is 25.0 Å². The van der Waals surface area contributed by atoms with Crippen molar-refractivity contribution in [3.05, 3.63) is 16.5 Å². The monoisotopic (exact) mass is 296 g/mol. The Morgan fingerprint density at radius 1 is 1.15 bits per heavy atom. The van der Waals surface area contributed by atoms with Gasteiger partial charge in [-0.1, -0.05) is 25.4 Å². The Morgan fingerprint density at radius 3 is 2.20 bits per heavy atom. The molecule has 5 heteroatoms. The number of hydrogen-bond donors (Lipinski definition) is 0. The second kappa shape index (κ2) is 5.86. The number of aromatic nitrogens is 2. The molecular formula is C15H25ClN4. The lowest BCUT2D eigenvalue weighted by Gasteiger charge is -2.43. The summed E-state index contributed by atoms with van der Waals surface area (Å²) in [4.78, 5) is 13.9. The smallest absolute Gasteiger partial charge is 0.137 e. The summed E-state index contributed by atoms with van der Waals surface area (Å²) in [5, 5.41) is 0.581. The van der Waals surface area contributed by atoms with Gasteiger partial charge in [0.1, 0.15) is 16.8 Å². The van der Waals surface area contributed by atoms with E-state index in [9.17, 15) is 0 Å². The van der Waals surface area contributed by atoms with E-state index >= 15 is 0 Å². The summed E-state index contributed by atoms with van der Waals surface area (Å²) >= 11 is 6.30. The predicted octanol–water partition coefficient (Wildman–Crippen LogP) is 3.09. The van der Waals surface area contributed by atoms with E-state index < -0.39 is 0 Å². The molecule has 2 unspecified atom stereocenters. The van der Waals surface area contributed by atoms with Crippen LogP contribution < -0.4 is 4.90 Å². The maximum Gasteiger partial charge on any atom is 0.137 e. The van der Waals surface area contributed by atoms with Gasteiger partial charge in [-0.15, -0.1) is 0 Å². The fourth-order valence-electron chi connectivity index (χ4n) is 2.64. The summed E-state index contributed by atoms with van der Waals surface area (Å²) < 4.78 is 0. The van der Waals surface area contributed by atoms with Crippen LogP contribution in [0, 0.1) is 6.92 Å². The van der Waals surface area contributed by atoms with Crippen LogP contribution in [-0.4, -0.2) is 47.1 Å². The Labute approximate surface area is 127 Å². The molecular weight excluding hydrogens is 272 g/mol. The van der Waals surface area contributed by atoms with Crippen LogP contribution in [0.15, 0.2) is 0 Å². The standard InChI is InChI=1S/C15H25ClN4/c1-9(2)14-17-13(16)12(5)15(18-14)20-7-10(3)19(6)11(4)8-20/h9-11H,7-8H2,1-6H3. The highest BCUT2D eigenvalue weighted by molar-refractivity contribution is 6.30. The average Bonchev–Trinajstić information content (AvgIpc) is 2.38. The van der Waals surface area contributed by atoms with Gasteiger partial charge in [-0.2, -0.15) is 0 Å². The molecule has 0 aliphatic carbocycles. The minimum Gasteiger partial charge on any atom is -0.353 e. The molecule has 1 aromatic heterocycles. The number of rotatable bonds is 2. The number of anilines is 1. The van der Waals surface area contributed by atoms with Gasteiger partial charge in [0.05, 0.1) is 0 Å². The van der Waals surface area contributed by atoms with E-state index in [-0.39, 0.29) is 5.92 Å². The molecule has 0 amide bonds. The third-order valence-corrected chi connectivity index (χ3v) is 4.62. The largest absolute Gasteiger partial charge is 0.353 e. The molecule has 1 aromatic rings. The van der Waals surface area contributed by atoms with Crippen molar-refractivity contribution in [1.29, 1.82) is 0 Å². The average molecular weight is 297 g/mol. The van der Waals surface area contributed by atoms with Crippen molar-refractivity contribution in [1.82, 2.24) is 14.9 Å². The zero-order valence-corrected chi connectivity index (χ0v) is 14.1. The second-order valence-corrected chi connectivity index (χ2v) is 6.60. The van der Waals surface area contributed by atoms with E-state index in [4.69, 9.17) is 16.6 Å². The number of piperazine rings is 1. The summed E-state index contributed by atoms with van der Waals surface area (Å²) in [5.74, 6) is 2.12. The summed E-state index contributed by atoms with van der Waals surface area (Å²) in [6, 6.07) is 1.02. The molecule has 0 aromatic carbocycles. The normalized spacial score (nSPS) is 24.5. The Bertz CT molecular complexity index is 477. The number of likely N-dealkylation sites (N-methyl/N-ethyl adjacent to an activating group) is 1. The SMILES string of the molecule is Cc1c(Cl)nc(C(C)C)nc1N1CC(C)N(C)C(C)C1. The summed E-state index contributed by atoms with van der Waals surface area (Å²) in [7, 11) is 2.19. The minimum absolute atomic E-state index is 0.286. The van der Waals surface area contributed by atoms with Gasteiger partial charge >= 0.3 is 0 Å². The van der Waals surface area contributed by atoms with E-state index in [2.05, 4.69) is 49.5 Å². The van der Waals surface area contributed by atoms with Crippen molar-refractivity contribution < 1.29 is 0 Å². The quantitative estimate of drug-likeness (QED) is 0.785. The van der Waals surface area contributed by atoms with Gasteiger partial charge in [-0.25, -0.2) is 9.97 Å². The highest BCUT2D eigenvalue weighted by Gasteiger charge is 2.29. The van der Waals surface area contributed by atoms with Crippen molar-refractivity contribution in [2.45, 2.75) is 52.6 Å². The first-order valence-electron chi connectivity index (χ1n) is 7.32. The topological polar surface area (TPSA) is 32.3 Å². The first-order chi connectivity index (χ1) is 9.31. The van der Waals surface area contributed by atoms with Crippen LogP contribution in [0.4, 0.5) is 5.82 Å². The van der Waals surface area contributed by atoms with E-state index in [1.54, 1.807) is 0 Å². The predicted molar refractivity (Wildman–Crippen MR) is 84.8 cm³/mol. The van der Waals surface area contributed by atoms with Crippen LogP contribution in [0.2, 0.25) is 5.15 Å². The number of nitrogens with zero attached hydrogens (tertiary/aromatic N) is 4. The Morgan fingerprint density at radius 2 is 1.70 bits per heavy atom. The van der Waals surface area contributed by atoms with Crippen LogP contribution >= 0.6 is 11.6 Å². The fourth-order valence-corrected chi connectivity index (χ4v) is 2.81. The molecule has 1 saturated heterocycles. The van der Waals surface area contributed by atoms with Gasteiger partial charge in [-0.3, -0.25) is 4.90 Å². The van der Waals surface area contributed by atoms with Crippen molar-refractivity contribution >= 4 is 17.4 Å². The maximum absolute atomic E-state index is 6.30. The number of hydrogen-bond acceptors (Lipinski definition) is 4. The molecule has 0 N–H and O–H groups in total. The lowest BCUT2D eigenvalue weighted by Crippen LogP contribution is -2.55. The zero-order valence-electron chi connectivity index (χ0n) is 13.3. The van der Waals surface area contributed by atoms with E-state index in [0.717, 1.165) is 30.3 Å². The molecule has 1 aliphatic rings. The second-order valence-electron chi connectivity index (χ2n) is 6.24. The molecule has 1 fully saturated rings. The fraction of sp³-hybridized carbons (Fsp3) is 0.733. The summed E-state index contributed by atoms with van der Waals surface area (Å²) in [6.07, 6.45) is 0. The van der Waals surface area contributed by atoms with Crippen molar-refractivity contribution in [3.63, 3.8) is 0 Å². The van der Waals surface area contributed by atoms with E-state index in [1.165, 1.54) is 0 Å². The summed E-state index contributed by atoms with van der Waals surface area (Å²) in [5.41, 5.74) is 0.986. The lowest BCUT2D eigenvalue weighted by molar-refractivity contribution is 0.169. The Kier molecular flexibility index (Phi) is 4.55. The Hall–Kier alpha value is -0.870. The first-order valence-corrected chi connectivity index (χ1v) is 7.70. The molecule has 2 heterocycles. The molecule has 0 saturated carbocycles. The van der Waals surface area contributed by atoms with Crippen LogP contribution in [0.5, 0.6) is 0 Å². The van der Waals surface area contributed by atoms with Gasteiger partial charge in [-0.05, 0) is 27.8 Å². The highest BCUT2D eigenvalue weighted by atomic mass is 35.5. The van der Waals surface area contributed by atoms with Crippen molar-refractivity contribution in [2.24, 2.45) is 0 Å². The first kappa shape index (κ1) is 15.5. The molecule has 1 aliphatic heterocycles. The number of halogens is 1. The Balaban J connectivity index is 2.37. The molecule has 0 radical (unpaired) electrons. The van der Waals surface area contributed by atoms with Crippen LogP contribution in [0.3, 0.4) is 0 Å². The zero-order chi connectivity index (χ0) is 15.0. The molecule has 20 heavy (non-hydrogen) atoms. The lowest BCUT2D eigenvalue weighted by atomic mass is 10.1. The maximum atomic E-state index is 6.30. The van der Waals surface area contributed by atoms with Crippen LogP contribution in [0.25, 0.3) is 0 Å². The molecule has 2 rings (SSSR count). The molecule has 0 bridgehead atoms. The van der Waals surface area contributed by atoms with Gasteiger partial charge < -0.3 is 4.90 Å². The van der Waals surface area contributed by atoms with E-state index in [0.29, 0.717) is 17.2 Å². The minimum atomic E-state index is 0.286. The summed E-state index contributed by atoms with van der Waals surface area (Å²) in [6.45, 7) is 12.7. The third kappa shape index (κ3) is 2.91. The highest BCUT2D eigenvalue weighted by Crippen LogP contribution is 2.28.